The van der Waals surface area contributed by atoms with E-state index in [1.807, 2.05) is 0 Å². The Kier molecular flexibility index (Phi) is 9.30. The summed E-state index contributed by atoms with van der Waals surface area (Å²) in [5.41, 5.74) is 1.85. The van der Waals surface area contributed by atoms with Gasteiger partial charge in [-0.05, 0) is 74.6 Å². The summed E-state index contributed by atoms with van der Waals surface area (Å²) in [4.78, 5) is 0. The molecule has 28 heavy (non-hydrogen) atoms. The van der Waals surface area contributed by atoms with Gasteiger partial charge in [0.15, 0.2) is 0 Å². The second-order valence-electron chi connectivity index (χ2n) is 9.88. The molecule has 0 unspecified atom stereocenters. The number of quaternary nitrogens is 1. The van der Waals surface area contributed by atoms with E-state index >= 15 is 0 Å². The third-order valence-corrected chi connectivity index (χ3v) is 6.15. The highest BCUT2D eigenvalue weighted by Crippen LogP contribution is 2.43. The molecule has 2 atom stereocenters. The van der Waals surface area contributed by atoms with Crippen molar-refractivity contribution >= 4 is 0 Å². The molecule has 160 valence electrons. The molecule has 0 bridgehead atoms. The topological polar surface area (TPSA) is 35.1 Å². The molecule has 3 heteroatoms. The maximum absolute atomic E-state index is 6.09. The van der Waals surface area contributed by atoms with Gasteiger partial charge in [-0.3, -0.25) is 0 Å². The van der Waals surface area contributed by atoms with E-state index in [-0.39, 0.29) is 6.10 Å². The summed E-state index contributed by atoms with van der Waals surface area (Å²) in [6.45, 7) is 16.6. The van der Waals surface area contributed by atoms with Gasteiger partial charge in [0, 0.05) is 18.6 Å². The number of benzene rings is 1. The number of hydrogen-bond donors (Lipinski definition) is 1. The zero-order chi connectivity index (χ0) is 20.6. The van der Waals surface area contributed by atoms with Crippen molar-refractivity contribution in [3.63, 3.8) is 0 Å². The first kappa shape index (κ1) is 23.2. The normalized spacial score (nSPS) is 23.0. The second-order valence-corrected chi connectivity index (χ2v) is 9.88. The third kappa shape index (κ3) is 7.75. The van der Waals surface area contributed by atoms with Crippen LogP contribution >= 0.6 is 0 Å². The van der Waals surface area contributed by atoms with Crippen molar-refractivity contribution in [1.82, 2.24) is 0 Å². The lowest BCUT2D eigenvalue weighted by molar-refractivity contribution is -0.672. The molecule has 2 N–H and O–H groups in total. The highest BCUT2D eigenvalue weighted by atomic mass is 16.5. The zero-order valence-electron chi connectivity index (χ0n) is 19.2. The van der Waals surface area contributed by atoms with Crippen molar-refractivity contribution in [2.75, 3.05) is 13.2 Å². The molecule has 0 radical (unpaired) electrons. The van der Waals surface area contributed by atoms with Crippen LogP contribution in [-0.2, 0) is 11.3 Å². The van der Waals surface area contributed by atoms with Gasteiger partial charge in [0.25, 0.3) is 0 Å². The van der Waals surface area contributed by atoms with E-state index in [0.29, 0.717) is 17.4 Å². The quantitative estimate of drug-likeness (QED) is 0.528. The summed E-state index contributed by atoms with van der Waals surface area (Å²) in [6, 6.07) is 8.59. The lowest BCUT2D eigenvalue weighted by atomic mass is 9.69. The third-order valence-electron chi connectivity index (χ3n) is 6.15. The molecule has 1 aliphatic rings. The van der Waals surface area contributed by atoms with E-state index in [1.54, 1.807) is 0 Å². The molecule has 2 rings (SSSR count). The second kappa shape index (κ2) is 11.2. The van der Waals surface area contributed by atoms with Crippen LogP contribution in [0, 0.1) is 17.3 Å². The van der Waals surface area contributed by atoms with Crippen LogP contribution < -0.4 is 10.1 Å². The summed E-state index contributed by atoms with van der Waals surface area (Å²) in [6.07, 6.45) is 7.14. The van der Waals surface area contributed by atoms with Gasteiger partial charge >= 0.3 is 0 Å². The maximum atomic E-state index is 6.09. The fraction of sp³-hybridized carbons (Fsp3) is 0.760. The first-order valence-corrected chi connectivity index (χ1v) is 11.5. The van der Waals surface area contributed by atoms with Crippen LogP contribution in [0.4, 0.5) is 0 Å². The average Bonchev–Trinajstić information content (AvgIpc) is 2.65. The molecular weight excluding hydrogens is 346 g/mol. The first-order valence-electron chi connectivity index (χ1n) is 11.5. The molecular formula is C25H44NO2+. The SMILES string of the molecule is CC(C)CC[C@@]1(CC[NH2+]Cc2ccc(OC(C)C)cc2)CCO[C@H](C(C)C)C1. The minimum absolute atomic E-state index is 0.230. The number of nitrogens with two attached hydrogens (primary N) is 1. The largest absolute Gasteiger partial charge is 0.491 e. The lowest BCUT2D eigenvalue weighted by Crippen LogP contribution is -2.83. The summed E-state index contributed by atoms with van der Waals surface area (Å²) < 4.78 is 11.8. The standard InChI is InChI=1S/C25H43NO2/c1-19(2)11-12-25(14-16-27-24(17-25)20(3)4)13-15-26-18-22-7-9-23(10-8-22)28-21(5)6/h7-10,19-21,24,26H,11-18H2,1-6H3/p+1/t24-,25+/m0/s1. The van der Waals surface area contributed by atoms with Crippen molar-refractivity contribution < 1.29 is 14.8 Å². The Bertz CT molecular complexity index is 552. The monoisotopic (exact) mass is 390 g/mol. The van der Waals surface area contributed by atoms with Gasteiger partial charge in [-0.25, -0.2) is 0 Å². The molecule has 0 spiro atoms. The zero-order valence-corrected chi connectivity index (χ0v) is 19.2. The molecule has 0 aromatic heterocycles. The molecule has 1 fully saturated rings. The van der Waals surface area contributed by atoms with Crippen molar-refractivity contribution in [2.24, 2.45) is 17.3 Å². The van der Waals surface area contributed by atoms with Crippen LogP contribution in [0.5, 0.6) is 5.75 Å². The Balaban J connectivity index is 1.85. The van der Waals surface area contributed by atoms with E-state index in [2.05, 4.69) is 71.1 Å². The van der Waals surface area contributed by atoms with Crippen molar-refractivity contribution in [2.45, 2.75) is 92.4 Å². The molecule has 1 aromatic rings. The van der Waals surface area contributed by atoms with E-state index in [1.165, 1.54) is 44.2 Å². The average molecular weight is 391 g/mol. The molecule has 1 saturated heterocycles. The minimum Gasteiger partial charge on any atom is -0.491 e. The summed E-state index contributed by atoms with van der Waals surface area (Å²) >= 11 is 0. The number of hydrogen-bond acceptors (Lipinski definition) is 2. The van der Waals surface area contributed by atoms with E-state index in [4.69, 9.17) is 9.47 Å². The first-order chi connectivity index (χ1) is 13.3. The predicted molar refractivity (Wildman–Crippen MR) is 118 cm³/mol. The molecule has 1 heterocycles. The van der Waals surface area contributed by atoms with Gasteiger partial charge in [0.2, 0.25) is 0 Å². The van der Waals surface area contributed by atoms with E-state index in [0.717, 1.165) is 24.8 Å². The van der Waals surface area contributed by atoms with Crippen molar-refractivity contribution in [3.8, 4) is 5.75 Å². The van der Waals surface area contributed by atoms with Gasteiger partial charge in [-0.1, -0.05) is 34.1 Å². The summed E-state index contributed by atoms with van der Waals surface area (Å²) in [5, 5.41) is 2.48. The Morgan fingerprint density at radius 3 is 2.39 bits per heavy atom. The van der Waals surface area contributed by atoms with Crippen LogP contribution in [0.2, 0.25) is 0 Å². The molecule has 0 aliphatic carbocycles. The van der Waals surface area contributed by atoms with Crippen LogP contribution in [0.1, 0.15) is 79.2 Å². The molecule has 0 amide bonds. The highest BCUT2D eigenvalue weighted by Gasteiger charge is 2.37. The Morgan fingerprint density at radius 1 is 1.07 bits per heavy atom. The minimum atomic E-state index is 0.230. The van der Waals surface area contributed by atoms with Crippen LogP contribution in [0.3, 0.4) is 0 Å². The summed E-state index contributed by atoms with van der Waals surface area (Å²) in [7, 11) is 0. The fourth-order valence-corrected chi connectivity index (χ4v) is 4.27. The van der Waals surface area contributed by atoms with Gasteiger partial charge in [-0.15, -0.1) is 0 Å². The smallest absolute Gasteiger partial charge is 0.119 e. The Hall–Kier alpha value is -1.06. The Labute approximate surface area is 173 Å². The van der Waals surface area contributed by atoms with Gasteiger partial charge in [0.1, 0.15) is 12.3 Å². The number of rotatable bonds is 11. The lowest BCUT2D eigenvalue weighted by Gasteiger charge is -2.42. The molecule has 1 aromatic carbocycles. The van der Waals surface area contributed by atoms with Crippen LogP contribution in [0.25, 0.3) is 0 Å². The fourth-order valence-electron chi connectivity index (χ4n) is 4.27. The predicted octanol–water partition coefficient (Wildman–Crippen LogP) is 5.18. The van der Waals surface area contributed by atoms with E-state index in [9.17, 15) is 0 Å². The highest BCUT2D eigenvalue weighted by molar-refractivity contribution is 5.26. The summed E-state index contributed by atoms with van der Waals surface area (Å²) in [5.74, 6) is 2.37. The van der Waals surface area contributed by atoms with Crippen molar-refractivity contribution in [3.05, 3.63) is 29.8 Å². The van der Waals surface area contributed by atoms with Crippen LogP contribution in [-0.4, -0.2) is 25.4 Å². The van der Waals surface area contributed by atoms with E-state index < -0.39 is 0 Å². The van der Waals surface area contributed by atoms with Crippen molar-refractivity contribution in [1.29, 1.82) is 0 Å². The number of ether oxygens (including phenoxy) is 2. The van der Waals surface area contributed by atoms with Crippen LogP contribution in [0.15, 0.2) is 24.3 Å². The molecule has 0 saturated carbocycles. The van der Waals surface area contributed by atoms with Gasteiger partial charge in [-0.2, -0.15) is 0 Å². The van der Waals surface area contributed by atoms with Gasteiger partial charge < -0.3 is 14.8 Å². The molecule has 1 aliphatic heterocycles. The Morgan fingerprint density at radius 2 is 1.79 bits per heavy atom. The van der Waals surface area contributed by atoms with Gasteiger partial charge in [0.05, 0.1) is 18.8 Å². The molecule has 3 nitrogen and oxygen atoms in total. The maximum Gasteiger partial charge on any atom is 0.119 e.